The van der Waals surface area contributed by atoms with Gasteiger partial charge in [-0.05, 0) is 26.7 Å². The van der Waals surface area contributed by atoms with Crippen molar-refractivity contribution in [3.63, 3.8) is 0 Å². The molecule has 0 aliphatic carbocycles. The number of primary amides is 1. The third-order valence-electron chi connectivity index (χ3n) is 2.94. The summed E-state index contributed by atoms with van der Waals surface area (Å²) in [5.41, 5.74) is 12.0. The molecule has 0 fully saturated rings. The molecule has 0 radical (unpaired) electrons. The first-order valence-corrected chi connectivity index (χ1v) is 8.08. The summed E-state index contributed by atoms with van der Waals surface area (Å²) < 4.78 is 10.0. The lowest BCUT2D eigenvalue weighted by Gasteiger charge is -2.12. The highest BCUT2D eigenvalue weighted by atomic mass is 16.6. The second kappa shape index (κ2) is 14.4. The maximum Gasteiger partial charge on any atom is 0.349 e. The second-order valence-corrected chi connectivity index (χ2v) is 5.34. The molecule has 0 saturated heterocycles. The largest absolute Gasteiger partial charge is 0.463 e. The number of hydrogen-bond donors (Lipinski definition) is 6. The Balaban J connectivity index is 3.81. The number of nitrogens with zero attached hydrogens (tertiary/aromatic N) is 2. The zero-order valence-corrected chi connectivity index (χ0v) is 15.4. The molecule has 0 aliphatic rings. The lowest BCUT2D eigenvalue weighted by atomic mass is 10.2. The number of urea groups is 2. The summed E-state index contributed by atoms with van der Waals surface area (Å²) in [6.07, 6.45) is -0.0485. The number of amides is 4. The van der Waals surface area contributed by atoms with Crippen LogP contribution >= 0.6 is 0 Å². The van der Waals surface area contributed by atoms with Gasteiger partial charge in [-0.3, -0.25) is 10.2 Å². The molecule has 0 saturated carbocycles. The molecule has 0 heterocycles. The van der Waals surface area contributed by atoms with E-state index < -0.39 is 24.3 Å². The fraction of sp³-hybridized carbons (Fsp3) is 0.643. The molecular formula is C14H27N7O6. The number of carbonyl (C=O) groups is 3. The van der Waals surface area contributed by atoms with E-state index in [9.17, 15) is 19.5 Å². The van der Waals surface area contributed by atoms with Crippen LogP contribution in [0.5, 0.6) is 0 Å². The maximum atomic E-state index is 11.6. The van der Waals surface area contributed by atoms with Crippen LogP contribution in [0.3, 0.4) is 0 Å². The fourth-order valence-corrected chi connectivity index (χ4v) is 1.55. The Hall–Kier alpha value is -2.77. The van der Waals surface area contributed by atoms with Crippen LogP contribution in [0.4, 0.5) is 9.59 Å². The standard InChI is InChI=1S/C14H27N7O6/c1-9(18-20-13(15)24)3-5-11(22)26-7-8-27-12(23)6-4-10(2)19-21-14(25)17-16/h11,22H,3-8,16H2,1-2H3,(H3,15,20,24)(H2,17,21,25)/b18-9+,19-10+. The van der Waals surface area contributed by atoms with Gasteiger partial charge in [0, 0.05) is 17.8 Å². The molecule has 1 unspecified atom stereocenters. The first-order valence-electron chi connectivity index (χ1n) is 8.08. The number of ether oxygens (including phenoxy) is 2. The average molecular weight is 389 g/mol. The monoisotopic (exact) mass is 389 g/mol. The van der Waals surface area contributed by atoms with Gasteiger partial charge in [0.25, 0.3) is 0 Å². The summed E-state index contributed by atoms with van der Waals surface area (Å²) >= 11 is 0. The van der Waals surface area contributed by atoms with E-state index in [2.05, 4.69) is 21.1 Å². The van der Waals surface area contributed by atoms with Crippen LogP contribution in [0.1, 0.15) is 39.5 Å². The Kier molecular flexibility index (Phi) is 12.9. The quantitative estimate of drug-likeness (QED) is 0.0467. The van der Waals surface area contributed by atoms with E-state index in [1.165, 1.54) is 0 Å². The first-order chi connectivity index (χ1) is 12.7. The van der Waals surface area contributed by atoms with E-state index in [1.807, 2.05) is 5.43 Å². The number of hydrogen-bond acceptors (Lipinski definition) is 9. The minimum Gasteiger partial charge on any atom is -0.463 e. The lowest BCUT2D eigenvalue weighted by Crippen LogP contribution is -2.37. The van der Waals surface area contributed by atoms with E-state index in [0.717, 1.165) is 0 Å². The van der Waals surface area contributed by atoms with Crippen LogP contribution in [-0.2, 0) is 14.3 Å². The molecule has 154 valence electrons. The van der Waals surface area contributed by atoms with Crippen molar-refractivity contribution < 1.29 is 29.0 Å². The topological polar surface area (TPSA) is 203 Å². The Morgan fingerprint density at radius 3 is 2.30 bits per heavy atom. The van der Waals surface area contributed by atoms with E-state index in [-0.39, 0.29) is 26.1 Å². The van der Waals surface area contributed by atoms with Gasteiger partial charge < -0.3 is 20.3 Å². The van der Waals surface area contributed by atoms with Gasteiger partial charge in [-0.2, -0.15) is 10.2 Å². The number of aliphatic hydroxyl groups excluding tert-OH is 1. The predicted octanol–water partition coefficient (Wildman–Crippen LogP) is -0.982. The van der Waals surface area contributed by atoms with Crippen molar-refractivity contribution in [2.24, 2.45) is 21.8 Å². The van der Waals surface area contributed by atoms with Gasteiger partial charge in [-0.15, -0.1) is 0 Å². The van der Waals surface area contributed by atoms with Crippen LogP contribution in [-0.4, -0.2) is 54.1 Å². The van der Waals surface area contributed by atoms with Crippen molar-refractivity contribution in [1.29, 1.82) is 0 Å². The Morgan fingerprint density at radius 1 is 1.04 bits per heavy atom. The number of hydrazone groups is 2. The second-order valence-electron chi connectivity index (χ2n) is 5.34. The highest BCUT2D eigenvalue weighted by molar-refractivity contribution is 5.86. The van der Waals surface area contributed by atoms with Crippen LogP contribution < -0.4 is 27.9 Å². The predicted molar refractivity (Wildman–Crippen MR) is 96.2 cm³/mol. The molecule has 13 nitrogen and oxygen atoms in total. The van der Waals surface area contributed by atoms with Gasteiger partial charge in [0.15, 0.2) is 6.29 Å². The van der Waals surface area contributed by atoms with Gasteiger partial charge in [0.1, 0.15) is 6.61 Å². The van der Waals surface area contributed by atoms with Crippen molar-refractivity contribution in [3.05, 3.63) is 0 Å². The maximum absolute atomic E-state index is 11.6. The number of hydrazine groups is 1. The van der Waals surface area contributed by atoms with Gasteiger partial charge >= 0.3 is 18.0 Å². The third-order valence-corrected chi connectivity index (χ3v) is 2.94. The summed E-state index contributed by atoms with van der Waals surface area (Å²) in [7, 11) is 0. The summed E-state index contributed by atoms with van der Waals surface area (Å²) in [4.78, 5) is 32.9. The molecule has 0 aromatic rings. The number of nitrogens with two attached hydrogens (primary N) is 2. The van der Waals surface area contributed by atoms with Crippen molar-refractivity contribution in [2.75, 3.05) is 13.2 Å². The Labute approximate surface area is 156 Å². The number of nitrogens with one attached hydrogen (secondary N) is 3. The van der Waals surface area contributed by atoms with Crippen LogP contribution in [0.15, 0.2) is 10.2 Å². The van der Waals surface area contributed by atoms with Gasteiger partial charge in [-0.1, -0.05) is 0 Å². The van der Waals surface area contributed by atoms with Gasteiger partial charge in [0.2, 0.25) is 0 Å². The normalized spacial score (nSPS) is 12.9. The molecular weight excluding hydrogens is 362 g/mol. The smallest absolute Gasteiger partial charge is 0.349 e. The summed E-state index contributed by atoms with van der Waals surface area (Å²) in [5, 5.41) is 17.1. The van der Waals surface area contributed by atoms with E-state index in [1.54, 1.807) is 13.8 Å². The van der Waals surface area contributed by atoms with Crippen LogP contribution in [0.2, 0.25) is 0 Å². The minimum atomic E-state index is -1.06. The molecule has 0 aliphatic heterocycles. The average Bonchev–Trinajstić information content (AvgIpc) is 2.64. The van der Waals surface area contributed by atoms with Gasteiger partial charge in [-0.25, -0.2) is 26.3 Å². The number of esters is 1. The highest BCUT2D eigenvalue weighted by Gasteiger charge is 2.08. The lowest BCUT2D eigenvalue weighted by molar-refractivity contribution is -0.151. The number of carbonyl (C=O) groups excluding carboxylic acids is 3. The number of aliphatic hydroxyl groups is 1. The number of rotatable bonds is 12. The van der Waals surface area contributed by atoms with Crippen molar-refractivity contribution in [1.82, 2.24) is 16.3 Å². The minimum absolute atomic E-state index is 0.0176. The third kappa shape index (κ3) is 15.2. The molecule has 8 N–H and O–H groups in total. The molecule has 27 heavy (non-hydrogen) atoms. The Bertz CT molecular complexity index is 552. The summed E-state index contributed by atoms with van der Waals surface area (Å²) in [6.45, 7) is 3.30. The first kappa shape index (κ1) is 24.2. The van der Waals surface area contributed by atoms with Crippen molar-refractivity contribution >= 4 is 29.5 Å². The fourth-order valence-electron chi connectivity index (χ4n) is 1.55. The van der Waals surface area contributed by atoms with E-state index >= 15 is 0 Å². The molecule has 1 atom stereocenters. The summed E-state index contributed by atoms with van der Waals surface area (Å²) in [6, 6.07) is -1.44. The molecule has 0 aromatic carbocycles. The molecule has 13 heteroatoms. The van der Waals surface area contributed by atoms with Crippen LogP contribution in [0.25, 0.3) is 0 Å². The van der Waals surface area contributed by atoms with Crippen molar-refractivity contribution in [3.8, 4) is 0 Å². The zero-order valence-electron chi connectivity index (χ0n) is 15.4. The van der Waals surface area contributed by atoms with Crippen molar-refractivity contribution in [2.45, 2.75) is 45.8 Å². The van der Waals surface area contributed by atoms with E-state index in [0.29, 0.717) is 24.3 Å². The molecule has 0 rings (SSSR count). The van der Waals surface area contributed by atoms with Gasteiger partial charge in [0.05, 0.1) is 13.0 Å². The van der Waals surface area contributed by atoms with Crippen LogP contribution in [0, 0.1) is 0 Å². The SMILES string of the molecule is C/C(CCC(O)OCCOC(=O)CC/C(C)=N/NC(=O)NN)=N\NC(N)=O. The molecule has 0 aromatic heterocycles. The summed E-state index contributed by atoms with van der Waals surface area (Å²) in [5.74, 6) is 4.40. The van der Waals surface area contributed by atoms with E-state index in [4.69, 9.17) is 21.1 Å². The zero-order chi connectivity index (χ0) is 20.7. The molecule has 0 bridgehead atoms. The Morgan fingerprint density at radius 2 is 1.67 bits per heavy atom. The molecule has 4 amide bonds. The molecule has 0 spiro atoms. The highest BCUT2D eigenvalue weighted by Crippen LogP contribution is 2.01.